The average Bonchev–Trinajstić information content (AvgIpc) is 3.20. The van der Waals surface area contributed by atoms with Crippen molar-refractivity contribution in [2.75, 3.05) is 19.0 Å². The summed E-state index contributed by atoms with van der Waals surface area (Å²) in [4.78, 5) is 12.6. The summed E-state index contributed by atoms with van der Waals surface area (Å²) in [5.74, 6) is 0. The molecule has 2 amide bonds. The number of carbonyl (C=O) groups excluding carboxylic acids is 1. The third-order valence-electron chi connectivity index (χ3n) is 4.24. The van der Waals surface area contributed by atoms with E-state index in [4.69, 9.17) is 4.74 Å². The summed E-state index contributed by atoms with van der Waals surface area (Å²) in [6.45, 7) is 4.26. The van der Waals surface area contributed by atoms with Crippen LogP contribution in [0.4, 0.5) is 10.5 Å². The van der Waals surface area contributed by atoms with Crippen LogP contribution in [0.1, 0.15) is 23.1 Å². The Morgan fingerprint density at radius 1 is 1.26 bits per heavy atom. The average molecular weight is 368 g/mol. The minimum absolute atomic E-state index is 0.316. The number of nitrogens with zero attached hydrogens (tertiary/aromatic N) is 4. The third kappa shape index (κ3) is 4.17. The molecule has 1 aromatic carbocycles. The lowest BCUT2D eigenvalue weighted by atomic mass is 10.2. The highest BCUT2D eigenvalue weighted by atomic mass is 16.5. The Balaban J connectivity index is 1.80. The van der Waals surface area contributed by atoms with Gasteiger partial charge < -0.3 is 15.4 Å². The SMILES string of the molecule is COCC(NC(=O)Nc1ccccc1-n1nc(C)cc1C)c1ccnn1C. The lowest BCUT2D eigenvalue weighted by Crippen LogP contribution is -2.36. The third-order valence-corrected chi connectivity index (χ3v) is 4.24. The van der Waals surface area contributed by atoms with Gasteiger partial charge in [0.25, 0.3) is 0 Å². The zero-order valence-corrected chi connectivity index (χ0v) is 15.9. The Morgan fingerprint density at radius 2 is 2.04 bits per heavy atom. The molecule has 142 valence electrons. The Hall–Kier alpha value is -3.13. The summed E-state index contributed by atoms with van der Waals surface area (Å²) in [6, 6.07) is 10.8. The van der Waals surface area contributed by atoms with Crippen LogP contribution in [0.25, 0.3) is 5.69 Å². The first kappa shape index (κ1) is 18.7. The van der Waals surface area contributed by atoms with Gasteiger partial charge >= 0.3 is 6.03 Å². The first-order chi connectivity index (χ1) is 13.0. The molecule has 0 spiro atoms. The van der Waals surface area contributed by atoms with E-state index in [1.807, 2.05) is 62.0 Å². The van der Waals surface area contributed by atoms with Crippen molar-refractivity contribution in [3.8, 4) is 5.69 Å². The van der Waals surface area contributed by atoms with Gasteiger partial charge in [0.2, 0.25) is 0 Å². The number of ether oxygens (including phenoxy) is 1. The van der Waals surface area contributed by atoms with Crippen LogP contribution in [-0.4, -0.2) is 39.3 Å². The van der Waals surface area contributed by atoms with Crippen LogP contribution in [0.15, 0.2) is 42.6 Å². The van der Waals surface area contributed by atoms with Gasteiger partial charge in [0, 0.05) is 26.0 Å². The van der Waals surface area contributed by atoms with E-state index >= 15 is 0 Å². The van der Waals surface area contributed by atoms with Crippen LogP contribution in [0, 0.1) is 13.8 Å². The number of nitrogens with one attached hydrogen (secondary N) is 2. The molecule has 0 aliphatic heterocycles. The van der Waals surface area contributed by atoms with Crippen LogP contribution >= 0.6 is 0 Å². The molecule has 0 radical (unpaired) electrons. The molecule has 2 N–H and O–H groups in total. The first-order valence-corrected chi connectivity index (χ1v) is 8.66. The monoisotopic (exact) mass is 368 g/mol. The summed E-state index contributed by atoms with van der Waals surface area (Å²) in [7, 11) is 3.43. The van der Waals surface area contributed by atoms with Crippen molar-refractivity contribution in [2.45, 2.75) is 19.9 Å². The molecule has 0 aliphatic rings. The molecule has 0 saturated carbocycles. The van der Waals surface area contributed by atoms with E-state index in [-0.39, 0.29) is 12.1 Å². The molecule has 3 rings (SSSR count). The maximum Gasteiger partial charge on any atom is 0.319 e. The summed E-state index contributed by atoms with van der Waals surface area (Å²) in [6.07, 6.45) is 1.69. The lowest BCUT2D eigenvalue weighted by molar-refractivity contribution is 0.165. The Bertz CT molecular complexity index is 930. The Morgan fingerprint density at radius 3 is 2.67 bits per heavy atom. The van der Waals surface area contributed by atoms with E-state index < -0.39 is 0 Å². The van der Waals surface area contributed by atoms with Crippen molar-refractivity contribution in [1.82, 2.24) is 24.9 Å². The summed E-state index contributed by atoms with van der Waals surface area (Å²) in [5.41, 5.74) is 4.25. The number of hydrogen-bond acceptors (Lipinski definition) is 4. The molecule has 2 aromatic heterocycles. The van der Waals surface area contributed by atoms with Gasteiger partial charge in [-0.1, -0.05) is 12.1 Å². The summed E-state index contributed by atoms with van der Waals surface area (Å²) < 4.78 is 8.78. The largest absolute Gasteiger partial charge is 0.382 e. The van der Waals surface area contributed by atoms with Crippen LogP contribution < -0.4 is 10.6 Å². The highest BCUT2D eigenvalue weighted by molar-refractivity contribution is 5.91. The van der Waals surface area contributed by atoms with Crippen LogP contribution in [0.5, 0.6) is 0 Å². The van der Waals surface area contributed by atoms with E-state index in [0.29, 0.717) is 12.3 Å². The molecule has 3 aromatic rings. The smallest absolute Gasteiger partial charge is 0.319 e. The molecule has 2 heterocycles. The minimum atomic E-state index is -0.327. The van der Waals surface area contributed by atoms with Crippen molar-refractivity contribution in [1.29, 1.82) is 0 Å². The van der Waals surface area contributed by atoms with Gasteiger partial charge in [-0.25, -0.2) is 9.48 Å². The van der Waals surface area contributed by atoms with Gasteiger partial charge in [0.1, 0.15) is 0 Å². The van der Waals surface area contributed by atoms with E-state index in [1.54, 1.807) is 18.0 Å². The van der Waals surface area contributed by atoms with Crippen molar-refractivity contribution >= 4 is 11.7 Å². The summed E-state index contributed by atoms with van der Waals surface area (Å²) in [5, 5.41) is 14.5. The highest BCUT2D eigenvalue weighted by Gasteiger charge is 2.18. The van der Waals surface area contributed by atoms with Crippen molar-refractivity contribution < 1.29 is 9.53 Å². The second-order valence-electron chi connectivity index (χ2n) is 6.34. The normalized spacial score (nSPS) is 12.0. The lowest BCUT2D eigenvalue weighted by Gasteiger charge is -2.19. The molecule has 0 saturated heterocycles. The number of methoxy groups -OCH3 is 1. The fraction of sp³-hybridized carbons (Fsp3) is 0.316. The molecule has 27 heavy (non-hydrogen) atoms. The number of hydrogen-bond donors (Lipinski definition) is 2. The van der Waals surface area contributed by atoms with Crippen molar-refractivity contribution in [2.24, 2.45) is 7.05 Å². The van der Waals surface area contributed by atoms with Crippen molar-refractivity contribution in [3.05, 3.63) is 59.7 Å². The minimum Gasteiger partial charge on any atom is -0.382 e. The van der Waals surface area contributed by atoms with E-state index in [9.17, 15) is 4.79 Å². The quantitative estimate of drug-likeness (QED) is 0.700. The van der Waals surface area contributed by atoms with E-state index in [0.717, 1.165) is 22.8 Å². The zero-order valence-electron chi connectivity index (χ0n) is 15.9. The van der Waals surface area contributed by atoms with Gasteiger partial charge in [-0.2, -0.15) is 10.2 Å². The second-order valence-corrected chi connectivity index (χ2v) is 6.34. The van der Waals surface area contributed by atoms with Crippen LogP contribution in [-0.2, 0) is 11.8 Å². The number of carbonyl (C=O) groups is 1. The van der Waals surface area contributed by atoms with Gasteiger partial charge in [0.05, 0.1) is 35.4 Å². The number of aromatic nitrogens is 4. The van der Waals surface area contributed by atoms with Crippen molar-refractivity contribution in [3.63, 3.8) is 0 Å². The van der Waals surface area contributed by atoms with E-state index in [1.165, 1.54) is 0 Å². The predicted molar refractivity (Wildman–Crippen MR) is 103 cm³/mol. The second kappa shape index (κ2) is 8.05. The molecule has 8 nitrogen and oxygen atoms in total. The van der Waals surface area contributed by atoms with Gasteiger partial charge in [-0.15, -0.1) is 0 Å². The fourth-order valence-electron chi connectivity index (χ4n) is 3.05. The number of anilines is 1. The fourth-order valence-corrected chi connectivity index (χ4v) is 3.05. The number of urea groups is 1. The number of benzene rings is 1. The maximum absolute atomic E-state index is 12.6. The molecule has 1 atom stereocenters. The maximum atomic E-state index is 12.6. The summed E-state index contributed by atoms with van der Waals surface area (Å²) >= 11 is 0. The molecule has 1 unspecified atom stereocenters. The Kier molecular flexibility index (Phi) is 5.56. The number of para-hydroxylation sites is 2. The number of amides is 2. The van der Waals surface area contributed by atoms with Crippen LogP contribution in [0.3, 0.4) is 0 Å². The Labute approximate surface area is 158 Å². The molecule has 0 aliphatic carbocycles. The number of rotatable bonds is 6. The number of aryl methyl sites for hydroxylation is 3. The molecule has 0 fully saturated rings. The van der Waals surface area contributed by atoms with Gasteiger partial charge in [-0.3, -0.25) is 4.68 Å². The molecular formula is C19H24N6O2. The predicted octanol–water partition coefficient (Wildman–Crippen LogP) is 2.73. The molecular weight excluding hydrogens is 344 g/mol. The molecule has 0 bridgehead atoms. The van der Waals surface area contributed by atoms with Gasteiger partial charge in [-0.05, 0) is 38.1 Å². The van der Waals surface area contributed by atoms with Gasteiger partial charge in [0.15, 0.2) is 0 Å². The van der Waals surface area contributed by atoms with Crippen LogP contribution in [0.2, 0.25) is 0 Å². The molecule has 8 heteroatoms. The first-order valence-electron chi connectivity index (χ1n) is 8.66. The highest BCUT2D eigenvalue weighted by Crippen LogP contribution is 2.22. The topological polar surface area (TPSA) is 86.0 Å². The zero-order chi connectivity index (χ0) is 19.4. The standard InChI is InChI=1S/C19H24N6O2/c1-13-11-14(2)25(23-13)18-8-6-5-7-15(18)21-19(26)22-16(12-27-4)17-9-10-20-24(17)3/h5-11,16H,12H2,1-4H3,(H2,21,22,26). The van der Waals surface area contributed by atoms with E-state index in [2.05, 4.69) is 20.8 Å².